The van der Waals surface area contributed by atoms with Crippen LogP contribution in [0.4, 0.5) is 0 Å². The molecule has 7 rings (SSSR count). The van der Waals surface area contributed by atoms with Crippen molar-refractivity contribution in [1.29, 1.82) is 0 Å². The molecule has 20 heavy (non-hydrogen) atoms. The molecule has 6 fully saturated rings. The molecule has 12 unspecified atom stereocenters. The molecule has 0 aromatic rings. The van der Waals surface area contributed by atoms with Gasteiger partial charge in [-0.25, -0.2) is 0 Å². The molecule has 0 heteroatoms. The Hall–Kier alpha value is -0.260. The van der Waals surface area contributed by atoms with Crippen LogP contribution in [0.3, 0.4) is 0 Å². The second-order valence-corrected chi connectivity index (χ2v) is 9.67. The van der Waals surface area contributed by atoms with Gasteiger partial charge < -0.3 is 0 Å². The highest BCUT2D eigenvalue weighted by molar-refractivity contribution is 5.24. The lowest BCUT2D eigenvalue weighted by Crippen LogP contribution is -2.44. The summed E-state index contributed by atoms with van der Waals surface area (Å²) < 4.78 is 0. The zero-order valence-electron chi connectivity index (χ0n) is 12.3. The van der Waals surface area contributed by atoms with Crippen molar-refractivity contribution in [2.75, 3.05) is 0 Å². The molecule has 106 valence electrons. The van der Waals surface area contributed by atoms with Crippen LogP contribution in [-0.4, -0.2) is 0 Å². The van der Waals surface area contributed by atoms with Crippen LogP contribution in [0.1, 0.15) is 38.5 Å². The maximum Gasteiger partial charge on any atom is -0.0168 e. The summed E-state index contributed by atoms with van der Waals surface area (Å²) >= 11 is 0. The summed E-state index contributed by atoms with van der Waals surface area (Å²) in [6.07, 6.45) is 14.9. The number of fused-ring (bicyclic) bond motifs is 19. The van der Waals surface area contributed by atoms with Gasteiger partial charge in [-0.2, -0.15) is 0 Å². The summed E-state index contributed by atoms with van der Waals surface area (Å²) in [5.41, 5.74) is 0. The van der Waals surface area contributed by atoms with Crippen LogP contribution in [0, 0.1) is 71.0 Å². The molecule has 0 aromatic carbocycles. The van der Waals surface area contributed by atoms with Crippen LogP contribution in [0.5, 0.6) is 0 Å². The fraction of sp³-hybridized carbons (Fsp3) is 0.900. The summed E-state index contributed by atoms with van der Waals surface area (Å²) in [6, 6.07) is 0. The van der Waals surface area contributed by atoms with Crippen molar-refractivity contribution >= 4 is 0 Å². The van der Waals surface area contributed by atoms with Gasteiger partial charge in [0.05, 0.1) is 0 Å². The molecule has 6 bridgehead atoms. The Balaban J connectivity index is 1.34. The first kappa shape index (κ1) is 10.5. The first-order valence-electron chi connectivity index (χ1n) is 9.58. The zero-order chi connectivity index (χ0) is 12.6. The Morgan fingerprint density at radius 1 is 0.600 bits per heavy atom. The predicted octanol–water partition coefficient (Wildman–Crippen LogP) is 4.37. The van der Waals surface area contributed by atoms with Gasteiger partial charge in [0, 0.05) is 0 Å². The van der Waals surface area contributed by atoms with Gasteiger partial charge >= 0.3 is 0 Å². The van der Waals surface area contributed by atoms with E-state index in [0.29, 0.717) is 0 Å². The standard InChI is InChI=1S/C20H26/c1-2-11-12(3-1)14-7-13(11)19-15-8-16(20(14)19)18-10-5-4-9(6-10)17(15)18/h1-2,9-20H,3-8H2. The fourth-order valence-electron chi connectivity index (χ4n) is 10.00. The minimum atomic E-state index is 1.04. The highest BCUT2D eigenvalue weighted by Crippen LogP contribution is 2.78. The van der Waals surface area contributed by atoms with Crippen LogP contribution >= 0.6 is 0 Å². The summed E-state index contributed by atoms with van der Waals surface area (Å²) in [5.74, 6) is 14.1. The fourth-order valence-corrected chi connectivity index (χ4v) is 10.00. The molecule has 0 amide bonds. The van der Waals surface area contributed by atoms with Crippen LogP contribution in [-0.2, 0) is 0 Å². The molecule has 0 radical (unpaired) electrons. The Labute approximate surface area is 122 Å². The topological polar surface area (TPSA) is 0 Å². The van der Waals surface area contributed by atoms with Crippen molar-refractivity contribution in [1.82, 2.24) is 0 Å². The van der Waals surface area contributed by atoms with Gasteiger partial charge in [0.2, 0.25) is 0 Å². The van der Waals surface area contributed by atoms with Crippen molar-refractivity contribution in [2.45, 2.75) is 38.5 Å². The third kappa shape index (κ3) is 0.890. The first-order chi connectivity index (χ1) is 9.92. The van der Waals surface area contributed by atoms with Crippen molar-refractivity contribution in [3.63, 3.8) is 0 Å². The lowest BCUT2D eigenvalue weighted by molar-refractivity contribution is -0.00164. The minimum absolute atomic E-state index is 1.04. The molecule has 0 saturated heterocycles. The van der Waals surface area contributed by atoms with E-state index in [0.717, 1.165) is 17.8 Å². The van der Waals surface area contributed by atoms with E-state index in [9.17, 15) is 0 Å². The van der Waals surface area contributed by atoms with Gasteiger partial charge in [0.15, 0.2) is 0 Å². The quantitative estimate of drug-likeness (QED) is 0.451. The van der Waals surface area contributed by atoms with Crippen molar-refractivity contribution in [3.8, 4) is 0 Å². The van der Waals surface area contributed by atoms with E-state index in [1.165, 1.54) is 59.7 Å². The van der Waals surface area contributed by atoms with Crippen molar-refractivity contribution < 1.29 is 0 Å². The Kier molecular flexibility index (Phi) is 1.61. The molecule has 0 heterocycles. The summed E-state index contributed by atoms with van der Waals surface area (Å²) in [5, 5.41) is 0. The second-order valence-electron chi connectivity index (χ2n) is 9.67. The third-order valence-electron chi connectivity index (χ3n) is 9.85. The maximum absolute atomic E-state index is 2.65. The van der Waals surface area contributed by atoms with Crippen LogP contribution < -0.4 is 0 Å². The molecule has 0 nitrogen and oxygen atoms in total. The van der Waals surface area contributed by atoms with E-state index >= 15 is 0 Å². The molecule has 0 spiro atoms. The summed E-state index contributed by atoms with van der Waals surface area (Å²) in [7, 11) is 0. The van der Waals surface area contributed by atoms with Crippen LogP contribution in [0.15, 0.2) is 12.2 Å². The van der Waals surface area contributed by atoms with Gasteiger partial charge in [-0.1, -0.05) is 12.2 Å². The van der Waals surface area contributed by atoms with Crippen LogP contribution in [0.25, 0.3) is 0 Å². The number of allylic oxidation sites excluding steroid dienone is 2. The number of hydrogen-bond acceptors (Lipinski definition) is 0. The van der Waals surface area contributed by atoms with E-state index in [1.807, 2.05) is 0 Å². The Morgan fingerprint density at radius 2 is 1.30 bits per heavy atom. The SMILES string of the molecule is C1=CC2C(C1)C1CC2C2C3CC(C4C5CCC(C5)C34)C12. The van der Waals surface area contributed by atoms with Gasteiger partial charge in [0.25, 0.3) is 0 Å². The molecule has 7 aliphatic rings. The molecule has 6 saturated carbocycles. The van der Waals surface area contributed by atoms with E-state index in [4.69, 9.17) is 0 Å². The molecule has 0 aromatic heterocycles. The number of hydrogen-bond donors (Lipinski definition) is 0. The van der Waals surface area contributed by atoms with E-state index in [1.54, 1.807) is 32.1 Å². The molecule has 0 aliphatic heterocycles. The summed E-state index contributed by atoms with van der Waals surface area (Å²) in [4.78, 5) is 0. The lowest BCUT2D eigenvalue weighted by atomic mass is 9.57. The normalized spacial score (nSPS) is 73.6. The molecule has 7 aliphatic carbocycles. The number of rotatable bonds is 0. The Morgan fingerprint density at radius 3 is 2.10 bits per heavy atom. The van der Waals surface area contributed by atoms with E-state index in [-0.39, 0.29) is 0 Å². The highest BCUT2D eigenvalue weighted by Gasteiger charge is 2.72. The van der Waals surface area contributed by atoms with E-state index < -0.39 is 0 Å². The van der Waals surface area contributed by atoms with Crippen molar-refractivity contribution in [2.24, 2.45) is 71.0 Å². The van der Waals surface area contributed by atoms with Crippen molar-refractivity contribution in [3.05, 3.63) is 12.2 Å². The molecular weight excluding hydrogens is 240 g/mol. The molecular formula is C20H26. The monoisotopic (exact) mass is 266 g/mol. The largest absolute Gasteiger partial charge is 0.0879 e. The highest BCUT2D eigenvalue weighted by atomic mass is 14.8. The van der Waals surface area contributed by atoms with Gasteiger partial charge in [0.1, 0.15) is 0 Å². The van der Waals surface area contributed by atoms with E-state index in [2.05, 4.69) is 12.2 Å². The lowest BCUT2D eigenvalue weighted by Gasteiger charge is -2.48. The average molecular weight is 266 g/mol. The maximum atomic E-state index is 2.65. The Bertz CT molecular complexity index is 518. The van der Waals surface area contributed by atoms with Gasteiger partial charge in [-0.3, -0.25) is 0 Å². The molecule has 0 N–H and O–H groups in total. The predicted molar refractivity (Wildman–Crippen MR) is 78.7 cm³/mol. The van der Waals surface area contributed by atoms with Gasteiger partial charge in [-0.05, 0) is 110 Å². The smallest absolute Gasteiger partial charge is 0.0168 e. The van der Waals surface area contributed by atoms with Crippen LogP contribution in [0.2, 0.25) is 0 Å². The third-order valence-corrected chi connectivity index (χ3v) is 9.85. The first-order valence-corrected chi connectivity index (χ1v) is 9.58. The van der Waals surface area contributed by atoms with Gasteiger partial charge in [-0.15, -0.1) is 0 Å². The average Bonchev–Trinajstić information content (AvgIpc) is 3.23. The zero-order valence-corrected chi connectivity index (χ0v) is 12.3. The summed E-state index contributed by atoms with van der Waals surface area (Å²) in [6.45, 7) is 0. The molecule has 12 atom stereocenters. The minimum Gasteiger partial charge on any atom is -0.0879 e. The second kappa shape index (κ2) is 3.08.